The summed E-state index contributed by atoms with van der Waals surface area (Å²) in [4.78, 5) is 32.2. The van der Waals surface area contributed by atoms with Gasteiger partial charge in [-0.05, 0) is 31.5 Å². The van der Waals surface area contributed by atoms with Crippen molar-refractivity contribution in [2.24, 2.45) is 0 Å². The molecule has 1 aliphatic rings. The Morgan fingerprint density at radius 3 is 2.47 bits per heavy atom. The first-order valence-corrected chi connectivity index (χ1v) is 9.59. The van der Waals surface area contributed by atoms with Crippen molar-refractivity contribution in [3.8, 4) is 5.75 Å². The molecule has 2 aromatic carbocycles. The number of methoxy groups -OCH3 is 1. The summed E-state index contributed by atoms with van der Waals surface area (Å²) < 4.78 is 47.7. The summed E-state index contributed by atoms with van der Waals surface area (Å²) >= 11 is 0. The summed E-state index contributed by atoms with van der Waals surface area (Å²) in [5.74, 6) is -6.01. The van der Waals surface area contributed by atoms with E-state index in [1.54, 1.807) is 30.3 Å². The maximum Gasteiger partial charge on any atom is 0.332 e. The number of aromatic nitrogens is 1. The van der Waals surface area contributed by atoms with Crippen LogP contribution in [0, 0.1) is 17.5 Å². The van der Waals surface area contributed by atoms with Gasteiger partial charge in [0.25, 0.3) is 5.91 Å². The molecule has 3 aromatic rings. The SMILES string of the molecule is COc1c(F)cc(N2C(=O)N(Cc3cc(N)nc4ccccc34)C(C)(C)C2=O)c(F)c1F. The average Bonchev–Trinajstić information content (AvgIpc) is 2.90. The smallest absolute Gasteiger partial charge is 0.332 e. The number of urea groups is 1. The van der Waals surface area contributed by atoms with Gasteiger partial charge < -0.3 is 15.4 Å². The minimum Gasteiger partial charge on any atom is -0.491 e. The molecule has 1 aromatic heterocycles. The fourth-order valence-electron chi connectivity index (χ4n) is 3.80. The number of fused-ring (bicyclic) bond motifs is 1. The first-order valence-electron chi connectivity index (χ1n) is 9.59. The Balaban J connectivity index is 1.80. The summed E-state index contributed by atoms with van der Waals surface area (Å²) in [5, 5.41) is 0.712. The maximum atomic E-state index is 14.7. The van der Waals surface area contributed by atoms with E-state index in [9.17, 15) is 22.8 Å². The number of anilines is 2. The highest BCUT2D eigenvalue weighted by molar-refractivity contribution is 6.23. The number of hydrogen-bond donors (Lipinski definition) is 1. The molecule has 0 bridgehead atoms. The van der Waals surface area contributed by atoms with Gasteiger partial charge in [0, 0.05) is 18.0 Å². The molecule has 2 heterocycles. The van der Waals surface area contributed by atoms with Gasteiger partial charge in [0.05, 0.1) is 18.3 Å². The van der Waals surface area contributed by atoms with Crippen molar-refractivity contribution in [3.63, 3.8) is 0 Å². The quantitative estimate of drug-likeness (QED) is 0.486. The lowest BCUT2D eigenvalue weighted by atomic mass is 10.0. The molecule has 10 heteroatoms. The number of nitrogens with two attached hydrogens (primary N) is 1. The van der Waals surface area contributed by atoms with E-state index in [-0.39, 0.29) is 12.4 Å². The van der Waals surface area contributed by atoms with E-state index in [4.69, 9.17) is 5.73 Å². The minimum atomic E-state index is -1.63. The summed E-state index contributed by atoms with van der Waals surface area (Å²) in [6, 6.07) is 8.32. The molecule has 0 saturated carbocycles. The Kier molecular flexibility index (Phi) is 4.95. The second-order valence-electron chi connectivity index (χ2n) is 7.83. The number of rotatable bonds is 4. The van der Waals surface area contributed by atoms with Crippen LogP contribution in [-0.2, 0) is 11.3 Å². The number of carbonyl (C=O) groups excluding carboxylic acids is 2. The molecule has 7 nitrogen and oxygen atoms in total. The summed E-state index contributed by atoms with van der Waals surface area (Å²) in [7, 11) is 0.975. The van der Waals surface area contributed by atoms with E-state index in [1.165, 1.54) is 18.7 Å². The molecule has 0 spiro atoms. The molecule has 0 aliphatic carbocycles. The van der Waals surface area contributed by atoms with E-state index in [2.05, 4.69) is 9.72 Å². The number of amides is 3. The van der Waals surface area contributed by atoms with E-state index < -0.39 is 46.4 Å². The molecule has 1 aliphatic heterocycles. The van der Waals surface area contributed by atoms with Crippen molar-refractivity contribution in [3.05, 3.63) is 59.4 Å². The molecule has 2 N–H and O–H groups in total. The van der Waals surface area contributed by atoms with Crippen molar-refractivity contribution in [2.75, 3.05) is 17.7 Å². The lowest BCUT2D eigenvalue weighted by Gasteiger charge is -2.28. The molecule has 0 radical (unpaired) electrons. The number of pyridine rings is 1. The fourth-order valence-corrected chi connectivity index (χ4v) is 3.80. The van der Waals surface area contributed by atoms with Gasteiger partial charge in [-0.25, -0.2) is 23.5 Å². The Bertz CT molecular complexity index is 1280. The number of nitrogen functional groups attached to an aromatic ring is 1. The van der Waals surface area contributed by atoms with Crippen LogP contribution >= 0.6 is 0 Å². The fraction of sp³-hybridized carbons (Fsp3) is 0.227. The third-order valence-corrected chi connectivity index (χ3v) is 5.52. The van der Waals surface area contributed by atoms with Crippen LogP contribution in [0.2, 0.25) is 0 Å². The lowest BCUT2D eigenvalue weighted by Crippen LogP contribution is -2.43. The van der Waals surface area contributed by atoms with E-state index in [0.29, 0.717) is 27.4 Å². The van der Waals surface area contributed by atoms with Crippen LogP contribution in [0.15, 0.2) is 36.4 Å². The van der Waals surface area contributed by atoms with Crippen LogP contribution < -0.4 is 15.4 Å². The highest BCUT2D eigenvalue weighted by Gasteiger charge is 2.53. The monoisotopic (exact) mass is 444 g/mol. The number of nitrogens with zero attached hydrogens (tertiary/aromatic N) is 3. The molecule has 0 atom stereocenters. The zero-order valence-corrected chi connectivity index (χ0v) is 17.4. The summed E-state index contributed by atoms with van der Waals surface area (Å²) in [6.45, 7) is 2.87. The van der Waals surface area contributed by atoms with Crippen LogP contribution in [0.3, 0.4) is 0 Å². The predicted molar refractivity (Wildman–Crippen MR) is 112 cm³/mol. The average molecular weight is 444 g/mol. The van der Waals surface area contributed by atoms with Gasteiger partial charge in [0.1, 0.15) is 11.4 Å². The second kappa shape index (κ2) is 7.40. The molecule has 0 unspecified atom stereocenters. The van der Waals surface area contributed by atoms with Gasteiger partial charge in [-0.2, -0.15) is 4.39 Å². The maximum absolute atomic E-state index is 14.7. The first kappa shape index (κ1) is 21.4. The summed E-state index contributed by atoms with van der Waals surface area (Å²) in [5.41, 5.74) is 4.83. The molecular weight excluding hydrogens is 425 g/mol. The van der Waals surface area contributed by atoms with Crippen molar-refractivity contribution in [1.29, 1.82) is 0 Å². The molecule has 4 rings (SSSR count). The van der Waals surface area contributed by atoms with Crippen molar-refractivity contribution in [1.82, 2.24) is 9.88 Å². The second-order valence-corrected chi connectivity index (χ2v) is 7.83. The lowest BCUT2D eigenvalue weighted by molar-refractivity contribution is -0.123. The zero-order chi connectivity index (χ0) is 23.4. The number of halogens is 3. The van der Waals surface area contributed by atoms with Gasteiger partial charge in [-0.3, -0.25) is 4.79 Å². The Labute approximate surface area is 181 Å². The van der Waals surface area contributed by atoms with E-state index in [1.807, 2.05) is 0 Å². The molecule has 3 amide bonds. The third-order valence-electron chi connectivity index (χ3n) is 5.52. The van der Waals surface area contributed by atoms with Crippen LogP contribution in [-0.4, -0.2) is 34.5 Å². The van der Waals surface area contributed by atoms with E-state index >= 15 is 0 Å². The van der Waals surface area contributed by atoms with Gasteiger partial charge in [0.15, 0.2) is 17.4 Å². The van der Waals surface area contributed by atoms with Crippen LogP contribution in [0.4, 0.5) is 29.5 Å². The topological polar surface area (TPSA) is 88.8 Å². The van der Waals surface area contributed by atoms with Gasteiger partial charge in [0.2, 0.25) is 5.82 Å². The van der Waals surface area contributed by atoms with Crippen LogP contribution in [0.5, 0.6) is 5.75 Å². The number of benzene rings is 2. The van der Waals surface area contributed by atoms with Crippen molar-refractivity contribution in [2.45, 2.75) is 25.9 Å². The Hall–Kier alpha value is -3.82. The standard InChI is InChI=1S/C22H19F3N4O3/c1-22(2)20(30)29(15-9-13(23)19(32-3)18(25)17(15)24)21(31)28(22)10-11-8-16(26)27-14-7-5-4-6-12(11)14/h4-9H,10H2,1-3H3,(H2,26,27). The Morgan fingerprint density at radius 2 is 1.78 bits per heavy atom. The molecule has 1 saturated heterocycles. The van der Waals surface area contributed by atoms with Crippen LogP contribution in [0.25, 0.3) is 10.9 Å². The molecule has 1 fully saturated rings. The number of para-hydroxylation sites is 1. The number of ether oxygens (including phenoxy) is 1. The van der Waals surface area contributed by atoms with Gasteiger partial charge in [-0.1, -0.05) is 18.2 Å². The summed E-state index contributed by atoms with van der Waals surface area (Å²) in [6.07, 6.45) is 0. The van der Waals surface area contributed by atoms with Crippen molar-refractivity contribution >= 4 is 34.3 Å². The molecular formula is C22H19F3N4O3. The number of hydrogen-bond acceptors (Lipinski definition) is 5. The number of imide groups is 1. The van der Waals surface area contributed by atoms with Crippen molar-refractivity contribution < 1.29 is 27.5 Å². The Morgan fingerprint density at radius 1 is 1.09 bits per heavy atom. The largest absolute Gasteiger partial charge is 0.491 e. The number of carbonyl (C=O) groups is 2. The minimum absolute atomic E-state index is 0.0654. The molecule has 166 valence electrons. The van der Waals surface area contributed by atoms with Gasteiger partial charge >= 0.3 is 6.03 Å². The van der Waals surface area contributed by atoms with Crippen LogP contribution in [0.1, 0.15) is 19.4 Å². The van der Waals surface area contributed by atoms with Gasteiger partial charge in [-0.15, -0.1) is 0 Å². The highest BCUT2D eigenvalue weighted by Crippen LogP contribution is 2.38. The third kappa shape index (κ3) is 3.10. The highest BCUT2D eigenvalue weighted by atomic mass is 19.2. The molecule has 32 heavy (non-hydrogen) atoms. The predicted octanol–water partition coefficient (Wildman–Crippen LogP) is 3.99. The zero-order valence-electron chi connectivity index (χ0n) is 17.4. The first-order chi connectivity index (χ1) is 15.1. The normalized spacial score (nSPS) is 15.7. The van der Waals surface area contributed by atoms with E-state index in [0.717, 1.165) is 7.11 Å².